The third-order valence-corrected chi connectivity index (χ3v) is 5.23. The Kier molecular flexibility index (Phi) is 6.78. The lowest BCUT2D eigenvalue weighted by Gasteiger charge is -2.15. The van der Waals surface area contributed by atoms with E-state index < -0.39 is 0 Å². The van der Waals surface area contributed by atoms with E-state index in [0.717, 1.165) is 16.8 Å². The van der Waals surface area contributed by atoms with Gasteiger partial charge in [0, 0.05) is 22.8 Å². The molecule has 27 heavy (non-hydrogen) atoms. The van der Waals surface area contributed by atoms with Gasteiger partial charge in [-0.05, 0) is 42.8 Å². The highest BCUT2D eigenvalue weighted by Gasteiger charge is 2.12. The first-order valence-corrected chi connectivity index (χ1v) is 9.79. The topological polar surface area (TPSA) is 21.3 Å². The van der Waals surface area contributed by atoms with Gasteiger partial charge in [-0.1, -0.05) is 76.2 Å². The molecule has 140 valence electrons. The molecule has 3 aromatic rings. The zero-order chi connectivity index (χ0) is 19.4. The molecule has 0 aliphatic carbocycles. The summed E-state index contributed by atoms with van der Waals surface area (Å²) >= 11 is 24.6. The van der Waals surface area contributed by atoms with Gasteiger partial charge in [-0.2, -0.15) is 0 Å². The van der Waals surface area contributed by atoms with Gasteiger partial charge in [-0.15, -0.1) is 0 Å². The van der Waals surface area contributed by atoms with Crippen LogP contribution >= 0.6 is 46.4 Å². The molecule has 0 radical (unpaired) electrons. The third-order valence-electron chi connectivity index (χ3n) is 3.99. The van der Waals surface area contributed by atoms with E-state index in [-0.39, 0.29) is 0 Å². The lowest BCUT2D eigenvalue weighted by Crippen LogP contribution is -2.04. The van der Waals surface area contributed by atoms with Gasteiger partial charge in [0.2, 0.25) is 0 Å². The number of nitrogens with one attached hydrogen (secondary N) is 1. The molecule has 1 N–H and O–H groups in total. The van der Waals surface area contributed by atoms with Crippen LogP contribution in [0.1, 0.15) is 16.7 Å². The Hall–Kier alpha value is -1.58. The van der Waals surface area contributed by atoms with Gasteiger partial charge in [0.05, 0.1) is 15.1 Å². The van der Waals surface area contributed by atoms with Crippen LogP contribution in [0.5, 0.6) is 5.75 Å². The monoisotopic (exact) mass is 439 g/mol. The maximum Gasteiger partial charge on any atom is 0.143 e. The van der Waals surface area contributed by atoms with Crippen LogP contribution in [0.3, 0.4) is 0 Å². The molecule has 3 rings (SSSR count). The quantitative estimate of drug-likeness (QED) is 0.422. The molecule has 0 aliphatic heterocycles. The zero-order valence-corrected chi connectivity index (χ0v) is 17.6. The smallest absolute Gasteiger partial charge is 0.143 e. The molecule has 3 aromatic carbocycles. The average Bonchev–Trinajstić information content (AvgIpc) is 2.63. The average molecular weight is 441 g/mol. The molecule has 0 fully saturated rings. The fraction of sp³-hybridized carbons (Fsp3) is 0.143. The van der Waals surface area contributed by atoms with Gasteiger partial charge in [-0.25, -0.2) is 0 Å². The molecule has 0 unspecified atom stereocenters. The molecule has 0 aromatic heterocycles. The van der Waals surface area contributed by atoms with E-state index in [0.29, 0.717) is 39.0 Å². The number of hydrogen-bond acceptors (Lipinski definition) is 2. The van der Waals surface area contributed by atoms with E-state index in [1.54, 1.807) is 18.2 Å². The minimum Gasteiger partial charge on any atom is -0.487 e. The van der Waals surface area contributed by atoms with E-state index in [4.69, 9.17) is 51.1 Å². The second-order valence-corrected chi connectivity index (χ2v) is 7.79. The van der Waals surface area contributed by atoms with Gasteiger partial charge in [0.1, 0.15) is 12.4 Å². The van der Waals surface area contributed by atoms with E-state index in [9.17, 15) is 0 Å². The highest BCUT2D eigenvalue weighted by atomic mass is 35.5. The molecule has 0 amide bonds. The van der Waals surface area contributed by atoms with Crippen molar-refractivity contribution in [3.8, 4) is 5.75 Å². The summed E-state index contributed by atoms with van der Waals surface area (Å²) in [5.41, 5.74) is 3.96. The summed E-state index contributed by atoms with van der Waals surface area (Å²) in [6, 6.07) is 17.0. The first kappa shape index (κ1) is 20.2. The summed E-state index contributed by atoms with van der Waals surface area (Å²) in [6.07, 6.45) is 0. The summed E-state index contributed by atoms with van der Waals surface area (Å²) in [7, 11) is 0. The molecule has 0 heterocycles. The van der Waals surface area contributed by atoms with Gasteiger partial charge in [0.15, 0.2) is 0 Å². The molecule has 2 nitrogen and oxygen atoms in total. The van der Waals surface area contributed by atoms with Gasteiger partial charge in [0.25, 0.3) is 0 Å². The van der Waals surface area contributed by atoms with Gasteiger partial charge >= 0.3 is 0 Å². The number of rotatable bonds is 6. The molecule has 0 saturated heterocycles. The van der Waals surface area contributed by atoms with Gasteiger partial charge < -0.3 is 10.1 Å². The number of benzene rings is 3. The summed E-state index contributed by atoms with van der Waals surface area (Å²) < 4.78 is 6.00. The van der Waals surface area contributed by atoms with E-state index in [1.807, 2.05) is 31.2 Å². The fourth-order valence-corrected chi connectivity index (χ4v) is 3.44. The lowest BCUT2D eigenvalue weighted by molar-refractivity contribution is 0.303. The van der Waals surface area contributed by atoms with Crippen molar-refractivity contribution in [2.24, 2.45) is 0 Å². The summed E-state index contributed by atoms with van der Waals surface area (Å²) in [4.78, 5) is 0. The van der Waals surface area contributed by atoms with Crippen LogP contribution in [0.25, 0.3) is 0 Å². The molecule has 0 aliphatic rings. The maximum absolute atomic E-state index is 6.38. The van der Waals surface area contributed by atoms with Crippen molar-refractivity contribution in [3.05, 3.63) is 91.4 Å². The second kappa shape index (κ2) is 9.07. The van der Waals surface area contributed by atoms with Crippen molar-refractivity contribution in [2.45, 2.75) is 20.1 Å². The van der Waals surface area contributed by atoms with Crippen LogP contribution in [0, 0.1) is 6.92 Å². The van der Waals surface area contributed by atoms with Crippen LogP contribution in [0.2, 0.25) is 20.1 Å². The summed E-state index contributed by atoms with van der Waals surface area (Å²) in [5.74, 6) is 0.606. The van der Waals surface area contributed by atoms with Crippen molar-refractivity contribution >= 4 is 52.1 Å². The fourth-order valence-electron chi connectivity index (χ4n) is 2.55. The Morgan fingerprint density at radius 1 is 0.815 bits per heavy atom. The number of hydrogen-bond donors (Lipinski definition) is 1. The van der Waals surface area contributed by atoms with Gasteiger partial charge in [-0.3, -0.25) is 0 Å². The first-order valence-electron chi connectivity index (χ1n) is 8.27. The Morgan fingerprint density at radius 3 is 2.26 bits per heavy atom. The van der Waals surface area contributed by atoms with E-state index >= 15 is 0 Å². The summed E-state index contributed by atoms with van der Waals surface area (Å²) in [5, 5.41) is 5.31. The van der Waals surface area contributed by atoms with Crippen molar-refractivity contribution in [1.82, 2.24) is 0 Å². The normalized spacial score (nSPS) is 10.7. The first-order chi connectivity index (χ1) is 12.9. The molecule has 0 bridgehead atoms. The van der Waals surface area contributed by atoms with Crippen molar-refractivity contribution < 1.29 is 4.74 Å². The standard InChI is InChI=1S/C21H17Cl4NO/c1-13-2-4-14(5-3-13)12-27-21-15(8-16(22)9-20(21)25)11-26-17-6-7-18(23)19(24)10-17/h2-10,26H,11-12H2,1H3. The molecule has 0 saturated carbocycles. The van der Waals surface area contributed by atoms with E-state index in [2.05, 4.69) is 17.4 Å². The number of aryl methyl sites for hydroxylation is 1. The molecule has 0 spiro atoms. The maximum atomic E-state index is 6.38. The molecule has 6 heteroatoms. The zero-order valence-electron chi connectivity index (χ0n) is 14.5. The SMILES string of the molecule is Cc1ccc(COc2c(Cl)cc(Cl)cc2CNc2ccc(Cl)c(Cl)c2)cc1. The molecular formula is C21H17Cl4NO. The van der Waals surface area contributed by atoms with Crippen LogP contribution in [0.4, 0.5) is 5.69 Å². The predicted molar refractivity (Wildman–Crippen MR) is 116 cm³/mol. The Balaban J connectivity index is 1.77. The lowest BCUT2D eigenvalue weighted by atomic mass is 10.1. The van der Waals surface area contributed by atoms with Crippen LogP contribution in [-0.4, -0.2) is 0 Å². The number of ether oxygens (including phenoxy) is 1. The minimum atomic E-state index is 0.418. The highest BCUT2D eigenvalue weighted by Crippen LogP contribution is 2.34. The molecule has 0 atom stereocenters. The number of anilines is 1. The Morgan fingerprint density at radius 2 is 1.56 bits per heavy atom. The Labute approximate surface area is 179 Å². The van der Waals surface area contributed by atoms with Crippen LogP contribution in [0.15, 0.2) is 54.6 Å². The van der Waals surface area contributed by atoms with Crippen molar-refractivity contribution in [3.63, 3.8) is 0 Å². The summed E-state index contributed by atoms with van der Waals surface area (Å²) in [6.45, 7) is 2.94. The minimum absolute atomic E-state index is 0.418. The van der Waals surface area contributed by atoms with Crippen LogP contribution in [-0.2, 0) is 13.2 Å². The Bertz CT molecular complexity index is 942. The second-order valence-electron chi connectivity index (χ2n) is 6.13. The largest absolute Gasteiger partial charge is 0.487 e. The van der Waals surface area contributed by atoms with Crippen LogP contribution < -0.4 is 10.1 Å². The third kappa shape index (κ3) is 5.46. The highest BCUT2D eigenvalue weighted by molar-refractivity contribution is 6.42. The van der Waals surface area contributed by atoms with Crippen molar-refractivity contribution in [1.29, 1.82) is 0 Å². The number of halogens is 4. The molecular weight excluding hydrogens is 424 g/mol. The predicted octanol–water partition coefficient (Wildman–Crippen LogP) is 7.80. The van der Waals surface area contributed by atoms with Crippen molar-refractivity contribution in [2.75, 3.05) is 5.32 Å². The van der Waals surface area contributed by atoms with E-state index in [1.165, 1.54) is 5.56 Å².